The number of carbonyl (C=O) groups is 2. The van der Waals surface area contributed by atoms with Crippen LogP contribution in [0, 0.1) is 0 Å². The van der Waals surface area contributed by atoms with Crippen LogP contribution in [0.1, 0.15) is 54.1 Å². The fraction of sp³-hybridized carbons (Fsp3) is 0.217. The second-order valence-electron chi connectivity index (χ2n) is 7.83. The SMILES string of the molecule is CC(=O)c1cccc(NC(=O)c2cc(Nc3ccc(C(C)(C)C)cc3)ncn2)c1. The quantitative estimate of drug-likeness (QED) is 0.603. The first-order valence-electron chi connectivity index (χ1n) is 9.34. The lowest BCUT2D eigenvalue weighted by molar-refractivity contribution is 0.100. The Morgan fingerprint density at radius 2 is 1.62 bits per heavy atom. The molecule has 3 aromatic rings. The molecule has 0 saturated carbocycles. The van der Waals surface area contributed by atoms with Crippen molar-refractivity contribution in [2.45, 2.75) is 33.1 Å². The molecule has 0 bridgehead atoms. The van der Waals surface area contributed by atoms with E-state index in [0.29, 0.717) is 17.1 Å². The predicted octanol–water partition coefficient (Wildman–Crippen LogP) is 4.97. The van der Waals surface area contributed by atoms with Gasteiger partial charge >= 0.3 is 0 Å². The van der Waals surface area contributed by atoms with Crippen molar-refractivity contribution in [3.05, 3.63) is 77.7 Å². The summed E-state index contributed by atoms with van der Waals surface area (Å²) in [5.41, 5.74) is 3.48. The fourth-order valence-corrected chi connectivity index (χ4v) is 2.76. The van der Waals surface area contributed by atoms with Gasteiger partial charge in [0.2, 0.25) is 0 Å². The Balaban J connectivity index is 1.73. The fourth-order valence-electron chi connectivity index (χ4n) is 2.76. The van der Waals surface area contributed by atoms with Crippen molar-refractivity contribution in [3.8, 4) is 0 Å². The van der Waals surface area contributed by atoms with Crippen molar-refractivity contribution in [2.24, 2.45) is 0 Å². The average molecular weight is 388 g/mol. The molecule has 1 heterocycles. The van der Waals surface area contributed by atoms with Gasteiger partial charge in [-0.2, -0.15) is 0 Å². The third kappa shape index (κ3) is 5.25. The van der Waals surface area contributed by atoms with E-state index in [-0.39, 0.29) is 22.8 Å². The second kappa shape index (κ2) is 8.22. The van der Waals surface area contributed by atoms with Crippen LogP contribution in [0.4, 0.5) is 17.2 Å². The molecule has 0 aliphatic carbocycles. The first kappa shape index (κ1) is 20.2. The van der Waals surface area contributed by atoms with Crippen LogP contribution in [0.2, 0.25) is 0 Å². The van der Waals surface area contributed by atoms with Crippen LogP contribution in [-0.2, 0) is 5.41 Å². The highest BCUT2D eigenvalue weighted by Gasteiger charge is 2.13. The van der Waals surface area contributed by atoms with Gasteiger partial charge in [0.05, 0.1) is 0 Å². The smallest absolute Gasteiger partial charge is 0.274 e. The molecule has 29 heavy (non-hydrogen) atoms. The summed E-state index contributed by atoms with van der Waals surface area (Å²) in [4.78, 5) is 32.3. The molecule has 0 fully saturated rings. The number of hydrogen-bond donors (Lipinski definition) is 2. The van der Waals surface area contributed by atoms with Gasteiger partial charge in [0.15, 0.2) is 5.78 Å². The normalized spacial score (nSPS) is 11.0. The summed E-state index contributed by atoms with van der Waals surface area (Å²) in [6, 6.07) is 16.5. The van der Waals surface area contributed by atoms with Gasteiger partial charge in [-0.05, 0) is 42.2 Å². The first-order chi connectivity index (χ1) is 13.7. The number of benzene rings is 2. The Kier molecular flexibility index (Phi) is 5.73. The minimum absolute atomic E-state index is 0.0629. The van der Waals surface area contributed by atoms with Crippen LogP contribution in [0.25, 0.3) is 0 Å². The highest BCUT2D eigenvalue weighted by atomic mass is 16.2. The molecule has 148 valence electrons. The van der Waals surface area contributed by atoms with Gasteiger partial charge in [0.25, 0.3) is 5.91 Å². The summed E-state index contributed by atoms with van der Waals surface area (Å²) in [6.07, 6.45) is 1.34. The zero-order valence-electron chi connectivity index (χ0n) is 17.0. The number of carbonyl (C=O) groups excluding carboxylic acids is 2. The topological polar surface area (TPSA) is 84.0 Å². The molecule has 0 spiro atoms. The third-order valence-electron chi connectivity index (χ3n) is 4.45. The molecule has 2 aromatic carbocycles. The van der Waals surface area contributed by atoms with E-state index < -0.39 is 0 Å². The van der Waals surface area contributed by atoms with Crippen LogP contribution >= 0.6 is 0 Å². The number of ketones is 1. The summed E-state index contributed by atoms with van der Waals surface area (Å²) in [7, 11) is 0. The molecule has 6 heteroatoms. The third-order valence-corrected chi connectivity index (χ3v) is 4.45. The van der Waals surface area contributed by atoms with Gasteiger partial charge in [-0.25, -0.2) is 9.97 Å². The Labute approximate surface area is 170 Å². The van der Waals surface area contributed by atoms with Gasteiger partial charge in [0.1, 0.15) is 17.8 Å². The van der Waals surface area contributed by atoms with Crippen LogP contribution in [0.3, 0.4) is 0 Å². The lowest BCUT2D eigenvalue weighted by Crippen LogP contribution is -2.14. The predicted molar refractivity (Wildman–Crippen MR) is 115 cm³/mol. The molecule has 0 unspecified atom stereocenters. The summed E-state index contributed by atoms with van der Waals surface area (Å²) in [6.45, 7) is 7.97. The first-order valence-corrected chi connectivity index (χ1v) is 9.34. The number of Topliss-reactive ketones (excluding diaryl/α,β-unsaturated/α-hetero) is 1. The highest BCUT2D eigenvalue weighted by molar-refractivity contribution is 6.04. The molecule has 6 nitrogen and oxygen atoms in total. The van der Waals surface area contributed by atoms with E-state index >= 15 is 0 Å². The van der Waals surface area contributed by atoms with Crippen LogP contribution in [0.5, 0.6) is 0 Å². The van der Waals surface area contributed by atoms with E-state index in [1.165, 1.54) is 18.8 Å². The molecule has 1 amide bonds. The Morgan fingerprint density at radius 3 is 2.28 bits per heavy atom. The van der Waals surface area contributed by atoms with E-state index in [1.54, 1.807) is 30.3 Å². The summed E-state index contributed by atoms with van der Waals surface area (Å²) >= 11 is 0. The summed E-state index contributed by atoms with van der Waals surface area (Å²) in [5, 5.41) is 5.95. The molecule has 0 saturated heterocycles. The van der Waals surface area contributed by atoms with Gasteiger partial charge in [0, 0.05) is 23.0 Å². The maximum atomic E-state index is 12.5. The van der Waals surface area contributed by atoms with Gasteiger partial charge < -0.3 is 10.6 Å². The van der Waals surface area contributed by atoms with Gasteiger partial charge in [-0.15, -0.1) is 0 Å². The van der Waals surface area contributed by atoms with Crippen LogP contribution in [-0.4, -0.2) is 21.7 Å². The lowest BCUT2D eigenvalue weighted by Gasteiger charge is -2.19. The Hall–Kier alpha value is -3.54. The van der Waals surface area contributed by atoms with Crippen molar-refractivity contribution in [1.82, 2.24) is 9.97 Å². The lowest BCUT2D eigenvalue weighted by atomic mass is 9.87. The zero-order valence-corrected chi connectivity index (χ0v) is 17.0. The zero-order chi connectivity index (χ0) is 21.0. The average Bonchev–Trinajstić information content (AvgIpc) is 2.68. The van der Waals surface area contributed by atoms with E-state index in [1.807, 2.05) is 12.1 Å². The molecule has 3 rings (SSSR count). The largest absolute Gasteiger partial charge is 0.340 e. The molecular formula is C23H24N4O2. The van der Waals surface area contributed by atoms with Crippen molar-refractivity contribution >= 4 is 28.9 Å². The minimum Gasteiger partial charge on any atom is -0.340 e. The number of amides is 1. The number of hydrogen-bond acceptors (Lipinski definition) is 5. The monoisotopic (exact) mass is 388 g/mol. The minimum atomic E-state index is -0.376. The molecule has 0 aliphatic rings. The van der Waals surface area contributed by atoms with Gasteiger partial charge in [-0.3, -0.25) is 9.59 Å². The number of aromatic nitrogens is 2. The number of rotatable bonds is 5. The van der Waals surface area contributed by atoms with E-state index in [9.17, 15) is 9.59 Å². The Morgan fingerprint density at radius 1 is 0.897 bits per heavy atom. The maximum Gasteiger partial charge on any atom is 0.274 e. The molecule has 1 aromatic heterocycles. The van der Waals surface area contributed by atoms with E-state index in [4.69, 9.17) is 0 Å². The number of nitrogens with one attached hydrogen (secondary N) is 2. The maximum absolute atomic E-state index is 12.5. The number of anilines is 3. The molecule has 0 radical (unpaired) electrons. The summed E-state index contributed by atoms with van der Waals surface area (Å²) in [5.74, 6) is 0.0810. The van der Waals surface area contributed by atoms with Crippen LogP contribution < -0.4 is 10.6 Å². The standard InChI is InChI=1S/C23H24N4O2/c1-15(28)16-6-5-7-19(12-16)27-22(29)20-13-21(25-14-24-20)26-18-10-8-17(9-11-18)23(2,3)4/h5-14H,1-4H3,(H,27,29)(H,24,25,26). The molecule has 0 aliphatic heterocycles. The summed E-state index contributed by atoms with van der Waals surface area (Å²) < 4.78 is 0. The Bertz CT molecular complexity index is 1040. The molecule has 2 N–H and O–H groups in total. The second-order valence-corrected chi connectivity index (χ2v) is 7.83. The molecule has 0 atom stereocenters. The van der Waals surface area contributed by atoms with Gasteiger partial charge in [-0.1, -0.05) is 45.0 Å². The number of nitrogens with zero attached hydrogens (tertiary/aromatic N) is 2. The van der Waals surface area contributed by atoms with Crippen molar-refractivity contribution in [3.63, 3.8) is 0 Å². The van der Waals surface area contributed by atoms with E-state index in [0.717, 1.165) is 5.69 Å². The highest BCUT2D eigenvalue weighted by Crippen LogP contribution is 2.24. The van der Waals surface area contributed by atoms with Crippen molar-refractivity contribution in [2.75, 3.05) is 10.6 Å². The molecular weight excluding hydrogens is 364 g/mol. The van der Waals surface area contributed by atoms with E-state index in [2.05, 4.69) is 53.5 Å². The van der Waals surface area contributed by atoms with Crippen molar-refractivity contribution in [1.29, 1.82) is 0 Å². The van der Waals surface area contributed by atoms with Crippen LogP contribution in [0.15, 0.2) is 60.9 Å². The van der Waals surface area contributed by atoms with Crippen molar-refractivity contribution < 1.29 is 9.59 Å².